The van der Waals surface area contributed by atoms with E-state index in [1.165, 1.54) is 12.8 Å². The molecule has 15 heavy (non-hydrogen) atoms. The number of hydrogen-bond donors (Lipinski definition) is 4. The van der Waals surface area contributed by atoms with E-state index in [0.717, 1.165) is 45.8 Å². The largest absolute Gasteiger partial charge is 0.318 e. The molecule has 0 amide bonds. The van der Waals surface area contributed by atoms with Gasteiger partial charge in [0.25, 0.3) is 0 Å². The van der Waals surface area contributed by atoms with Crippen LogP contribution in [0.1, 0.15) is 19.8 Å². The van der Waals surface area contributed by atoms with E-state index in [4.69, 9.17) is 0 Å². The molecule has 0 unspecified atom stereocenters. The highest BCUT2D eigenvalue weighted by atomic mass is 15.0. The predicted molar refractivity (Wildman–Crippen MR) is 67.4 cm³/mol. The SMILES string of the molecule is CCCCNCCNCCNCCNC. The molecule has 0 aromatic heterocycles. The molecule has 0 atom stereocenters. The van der Waals surface area contributed by atoms with Gasteiger partial charge in [0.1, 0.15) is 0 Å². The quantitative estimate of drug-likeness (QED) is 0.341. The Morgan fingerprint density at radius 2 is 1.13 bits per heavy atom. The first-order chi connectivity index (χ1) is 7.41. The van der Waals surface area contributed by atoms with Gasteiger partial charge in [0.2, 0.25) is 0 Å². The highest BCUT2D eigenvalue weighted by Gasteiger charge is 1.88. The molecule has 0 aliphatic heterocycles. The second kappa shape index (κ2) is 13.8. The number of nitrogens with one attached hydrogen (secondary N) is 4. The zero-order valence-corrected chi connectivity index (χ0v) is 10.4. The van der Waals surface area contributed by atoms with E-state index in [-0.39, 0.29) is 0 Å². The van der Waals surface area contributed by atoms with Crippen LogP contribution in [0.3, 0.4) is 0 Å². The Balaban J connectivity index is 2.81. The lowest BCUT2D eigenvalue weighted by Crippen LogP contribution is -2.34. The van der Waals surface area contributed by atoms with Crippen molar-refractivity contribution in [2.45, 2.75) is 19.8 Å². The summed E-state index contributed by atoms with van der Waals surface area (Å²) in [4.78, 5) is 0. The minimum Gasteiger partial charge on any atom is -0.318 e. The van der Waals surface area contributed by atoms with Crippen molar-refractivity contribution in [3.05, 3.63) is 0 Å². The van der Waals surface area contributed by atoms with E-state index in [1.54, 1.807) is 0 Å². The van der Waals surface area contributed by atoms with Crippen LogP contribution in [-0.2, 0) is 0 Å². The summed E-state index contributed by atoms with van der Waals surface area (Å²) in [6, 6.07) is 0. The Morgan fingerprint density at radius 3 is 1.60 bits per heavy atom. The molecule has 0 bridgehead atoms. The normalized spacial score (nSPS) is 10.8. The molecular weight excluding hydrogens is 188 g/mol. The molecule has 4 heteroatoms. The third-order valence-corrected chi connectivity index (χ3v) is 2.22. The summed E-state index contributed by atoms with van der Waals surface area (Å²) in [7, 11) is 1.97. The Hall–Kier alpha value is -0.160. The number of rotatable bonds is 12. The molecule has 92 valence electrons. The predicted octanol–water partition coefficient (Wildman–Crippen LogP) is -0.225. The van der Waals surface area contributed by atoms with Crippen LogP contribution in [0.15, 0.2) is 0 Å². The topological polar surface area (TPSA) is 48.1 Å². The monoisotopic (exact) mass is 216 g/mol. The summed E-state index contributed by atoms with van der Waals surface area (Å²) in [5.41, 5.74) is 0. The van der Waals surface area contributed by atoms with Crippen LogP contribution >= 0.6 is 0 Å². The van der Waals surface area contributed by atoms with E-state index in [2.05, 4.69) is 28.2 Å². The molecule has 0 aromatic rings. The second-order valence-electron chi connectivity index (χ2n) is 3.71. The maximum atomic E-state index is 3.40. The van der Waals surface area contributed by atoms with Crippen molar-refractivity contribution < 1.29 is 0 Å². The summed E-state index contributed by atoms with van der Waals surface area (Å²) in [6.07, 6.45) is 2.56. The number of likely N-dealkylation sites (N-methyl/N-ethyl adjacent to an activating group) is 1. The van der Waals surface area contributed by atoms with Gasteiger partial charge in [-0.3, -0.25) is 0 Å². The van der Waals surface area contributed by atoms with Gasteiger partial charge in [-0.1, -0.05) is 13.3 Å². The van der Waals surface area contributed by atoms with Gasteiger partial charge < -0.3 is 21.3 Å². The van der Waals surface area contributed by atoms with Gasteiger partial charge in [0.05, 0.1) is 0 Å². The highest BCUT2D eigenvalue weighted by Crippen LogP contribution is 1.80. The average molecular weight is 216 g/mol. The Labute approximate surface area is 94.6 Å². The molecule has 0 saturated carbocycles. The van der Waals surface area contributed by atoms with Crippen molar-refractivity contribution in [1.82, 2.24) is 21.3 Å². The van der Waals surface area contributed by atoms with Gasteiger partial charge in [-0.05, 0) is 20.0 Å². The fraction of sp³-hybridized carbons (Fsp3) is 1.00. The summed E-state index contributed by atoms with van der Waals surface area (Å²) < 4.78 is 0. The van der Waals surface area contributed by atoms with Gasteiger partial charge in [-0.15, -0.1) is 0 Å². The van der Waals surface area contributed by atoms with E-state index in [1.807, 2.05) is 7.05 Å². The van der Waals surface area contributed by atoms with Crippen LogP contribution < -0.4 is 21.3 Å². The van der Waals surface area contributed by atoms with Crippen molar-refractivity contribution in [3.63, 3.8) is 0 Å². The molecule has 0 aliphatic carbocycles. The molecule has 0 aliphatic rings. The molecule has 0 saturated heterocycles. The summed E-state index contributed by atoms with van der Waals surface area (Å²) in [5.74, 6) is 0. The number of unbranched alkanes of at least 4 members (excludes halogenated alkanes) is 1. The molecule has 0 spiro atoms. The van der Waals surface area contributed by atoms with Gasteiger partial charge in [-0.25, -0.2) is 0 Å². The van der Waals surface area contributed by atoms with Crippen molar-refractivity contribution in [3.8, 4) is 0 Å². The maximum Gasteiger partial charge on any atom is 0.00772 e. The lowest BCUT2D eigenvalue weighted by molar-refractivity contribution is 0.568. The van der Waals surface area contributed by atoms with Crippen molar-refractivity contribution >= 4 is 0 Å². The van der Waals surface area contributed by atoms with Crippen molar-refractivity contribution in [1.29, 1.82) is 0 Å². The standard InChI is InChI=1S/C11H28N4/c1-3-4-5-13-8-9-15-11-10-14-7-6-12-2/h12-15H,3-11H2,1-2H3. The van der Waals surface area contributed by atoms with Crippen molar-refractivity contribution in [2.75, 3.05) is 52.9 Å². The highest BCUT2D eigenvalue weighted by molar-refractivity contribution is 4.55. The van der Waals surface area contributed by atoms with E-state index in [0.29, 0.717) is 0 Å². The minimum atomic E-state index is 1.04. The number of hydrogen-bond acceptors (Lipinski definition) is 4. The Kier molecular flexibility index (Phi) is 13.7. The van der Waals surface area contributed by atoms with Crippen LogP contribution in [-0.4, -0.2) is 52.9 Å². The zero-order chi connectivity index (χ0) is 11.2. The van der Waals surface area contributed by atoms with Gasteiger partial charge in [0.15, 0.2) is 0 Å². The van der Waals surface area contributed by atoms with Gasteiger partial charge in [-0.2, -0.15) is 0 Å². The molecule has 4 nitrogen and oxygen atoms in total. The van der Waals surface area contributed by atoms with Crippen LogP contribution in [0.4, 0.5) is 0 Å². The first-order valence-corrected chi connectivity index (χ1v) is 6.18. The molecular formula is C11H28N4. The third kappa shape index (κ3) is 13.8. The molecule has 4 N–H and O–H groups in total. The summed E-state index contributed by atoms with van der Waals surface area (Å²) in [6.45, 7) is 9.71. The van der Waals surface area contributed by atoms with Crippen LogP contribution in [0.2, 0.25) is 0 Å². The van der Waals surface area contributed by atoms with E-state index >= 15 is 0 Å². The first-order valence-electron chi connectivity index (χ1n) is 6.18. The summed E-state index contributed by atoms with van der Waals surface area (Å²) in [5, 5.41) is 13.3. The molecule has 0 rings (SSSR count). The second-order valence-corrected chi connectivity index (χ2v) is 3.71. The lowest BCUT2D eigenvalue weighted by atomic mass is 10.3. The van der Waals surface area contributed by atoms with Crippen LogP contribution in [0.25, 0.3) is 0 Å². The Bertz CT molecular complexity index is 96.8. The molecule has 0 aromatic carbocycles. The Morgan fingerprint density at radius 1 is 0.667 bits per heavy atom. The average Bonchev–Trinajstić information content (AvgIpc) is 2.26. The smallest absolute Gasteiger partial charge is 0.00772 e. The first kappa shape index (κ1) is 14.8. The van der Waals surface area contributed by atoms with Crippen LogP contribution in [0, 0.1) is 0 Å². The van der Waals surface area contributed by atoms with Gasteiger partial charge >= 0.3 is 0 Å². The van der Waals surface area contributed by atoms with E-state index < -0.39 is 0 Å². The maximum absolute atomic E-state index is 3.40. The molecule has 0 radical (unpaired) electrons. The van der Waals surface area contributed by atoms with E-state index in [9.17, 15) is 0 Å². The van der Waals surface area contributed by atoms with Crippen LogP contribution in [0.5, 0.6) is 0 Å². The third-order valence-electron chi connectivity index (χ3n) is 2.22. The molecule has 0 heterocycles. The lowest BCUT2D eigenvalue weighted by Gasteiger charge is -2.07. The zero-order valence-electron chi connectivity index (χ0n) is 10.4. The fourth-order valence-electron chi connectivity index (χ4n) is 1.24. The molecule has 0 fully saturated rings. The fourth-order valence-corrected chi connectivity index (χ4v) is 1.24. The summed E-state index contributed by atoms with van der Waals surface area (Å²) >= 11 is 0. The van der Waals surface area contributed by atoms with Crippen molar-refractivity contribution in [2.24, 2.45) is 0 Å². The van der Waals surface area contributed by atoms with Gasteiger partial charge in [0, 0.05) is 39.3 Å². The minimum absolute atomic E-state index is 1.04.